The molecule has 1 fully saturated rings. The van der Waals surface area contributed by atoms with E-state index in [9.17, 15) is 34.8 Å². The molecule has 0 bridgehead atoms. The highest BCUT2D eigenvalue weighted by Crippen LogP contribution is 2.52. The fraction of sp³-hybridized carbons (Fsp3) is 0.480. The Hall–Kier alpha value is -3.17. The number of carbonyl (C=O) groups excluding carboxylic acids is 3. The van der Waals surface area contributed by atoms with Crippen molar-refractivity contribution < 1.29 is 34.8 Å². The van der Waals surface area contributed by atoms with Crippen LogP contribution in [-0.2, 0) is 27.3 Å². The first kappa shape index (κ1) is 24.0. The number of ketones is 2. The number of hydrogen-bond donors (Lipinski definition) is 6. The molecule has 0 aliphatic heterocycles. The Bertz CT molecular complexity index is 1150. The smallest absolute Gasteiger partial charge is 0.255 e. The van der Waals surface area contributed by atoms with Gasteiger partial charge >= 0.3 is 0 Å². The van der Waals surface area contributed by atoms with Crippen molar-refractivity contribution >= 4 is 23.2 Å². The number of phenols is 1. The van der Waals surface area contributed by atoms with Crippen molar-refractivity contribution in [2.45, 2.75) is 51.7 Å². The van der Waals surface area contributed by atoms with Gasteiger partial charge in [-0.2, -0.15) is 0 Å². The van der Waals surface area contributed by atoms with Gasteiger partial charge in [-0.15, -0.1) is 0 Å². The van der Waals surface area contributed by atoms with E-state index in [1.165, 1.54) is 6.07 Å². The molecular formula is C25H30N2O7. The fourth-order valence-corrected chi connectivity index (χ4v) is 5.45. The number of aliphatic hydroxyl groups is 3. The summed E-state index contributed by atoms with van der Waals surface area (Å²) in [6.07, 6.45) is 1.13. The predicted molar refractivity (Wildman–Crippen MR) is 123 cm³/mol. The molecule has 7 N–H and O–H groups in total. The third kappa shape index (κ3) is 3.50. The van der Waals surface area contributed by atoms with E-state index < -0.39 is 52.0 Å². The Morgan fingerprint density at radius 1 is 1.24 bits per heavy atom. The normalized spacial score (nSPS) is 27.3. The second-order valence-electron chi connectivity index (χ2n) is 9.65. The van der Waals surface area contributed by atoms with Crippen LogP contribution in [0.2, 0.25) is 0 Å². The second-order valence-corrected chi connectivity index (χ2v) is 9.65. The van der Waals surface area contributed by atoms with Gasteiger partial charge in [0.15, 0.2) is 11.4 Å². The first-order chi connectivity index (χ1) is 16.0. The number of carbonyl (C=O) groups is 3. The number of Topliss-reactive ketones (excluding diaryl/α,β-unsaturated/α-hetero) is 2. The van der Waals surface area contributed by atoms with Crippen LogP contribution in [0.5, 0.6) is 5.75 Å². The lowest BCUT2D eigenvalue weighted by atomic mass is 9.59. The molecule has 0 heterocycles. The van der Waals surface area contributed by atoms with Crippen molar-refractivity contribution in [2.24, 2.45) is 23.5 Å². The van der Waals surface area contributed by atoms with E-state index in [2.05, 4.69) is 19.2 Å². The van der Waals surface area contributed by atoms with E-state index in [1.54, 1.807) is 6.07 Å². The van der Waals surface area contributed by atoms with Crippen molar-refractivity contribution in [3.8, 4) is 5.75 Å². The molecule has 1 amide bonds. The molecule has 1 aromatic carbocycles. The second kappa shape index (κ2) is 8.56. The summed E-state index contributed by atoms with van der Waals surface area (Å²) >= 11 is 0. The third-order valence-electron chi connectivity index (χ3n) is 7.55. The van der Waals surface area contributed by atoms with E-state index in [0.717, 1.165) is 18.5 Å². The molecule has 9 heteroatoms. The molecule has 0 radical (unpaired) electrons. The van der Waals surface area contributed by atoms with Gasteiger partial charge in [0.1, 0.15) is 22.8 Å². The van der Waals surface area contributed by atoms with E-state index >= 15 is 0 Å². The van der Waals surface area contributed by atoms with Crippen LogP contribution in [0.25, 0.3) is 5.76 Å². The van der Waals surface area contributed by atoms with Gasteiger partial charge in [-0.05, 0) is 48.4 Å². The summed E-state index contributed by atoms with van der Waals surface area (Å²) in [7, 11) is 0. The van der Waals surface area contributed by atoms with Gasteiger partial charge < -0.3 is 31.5 Å². The van der Waals surface area contributed by atoms with Crippen LogP contribution in [0.1, 0.15) is 49.8 Å². The minimum atomic E-state index is -2.54. The molecule has 1 saturated carbocycles. The number of rotatable bonds is 6. The van der Waals surface area contributed by atoms with Gasteiger partial charge in [0.05, 0.1) is 5.56 Å². The number of amides is 1. The minimum Gasteiger partial charge on any atom is -0.508 e. The molecule has 4 rings (SSSR count). The highest BCUT2D eigenvalue weighted by molar-refractivity contribution is 6.22. The quantitative estimate of drug-likeness (QED) is 0.340. The molecule has 9 nitrogen and oxygen atoms in total. The summed E-state index contributed by atoms with van der Waals surface area (Å²) in [6.45, 7) is 5.55. The lowest BCUT2D eigenvalue weighted by Crippen LogP contribution is -2.58. The molecule has 4 atom stereocenters. The number of aliphatic hydroxyl groups excluding tert-OH is 2. The third-order valence-corrected chi connectivity index (χ3v) is 7.55. The van der Waals surface area contributed by atoms with Crippen molar-refractivity contribution in [3.05, 3.63) is 45.7 Å². The van der Waals surface area contributed by atoms with Crippen LogP contribution in [0.3, 0.4) is 0 Å². The topological polar surface area (TPSA) is 170 Å². The monoisotopic (exact) mass is 470 g/mol. The molecular weight excluding hydrogens is 440 g/mol. The Kier molecular flexibility index (Phi) is 6.03. The number of nitrogens with two attached hydrogens (primary N) is 1. The zero-order valence-electron chi connectivity index (χ0n) is 19.2. The average molecular weight is 471 g/mol. The predicted octanol–water partition coefficient (Wildman–Crippen LogP) is 1.56. The summed E-state index contributed by atoms with van der Waals surface area (Å²) in [5.41, 5.74) is 3.42. The molecule has 1 unspecified atom stereocenters. The van der Waals surface area contributed by atoms with Gasteiger partial charge in [-0.3, -0.25) is 14.4 Å². The molecule has 0 saturated heterocycles. The Labute approximate surface area is 197 Å². The summed E-state index contributed by atoms with van der Waals surface area (Å²) in [5, 5.41) is 46.9. The summed E-state index contributed by atoms with van der Waals surface area (Å²) < 4.78 is 0. The standard InChI is InChI=1S/C25H30N2O7/c1-3-11(2)9-27-10-12-4-5-16(28)19-15(12)7-13-6-14-8-17(29)20(24(26)33)23(32)25(14,34)22(31)18(13)21(19)30/h4-5,11,13-14,27-28,30,32,34H,3,6-10H2,1-2H3,(H2,26,33)/t11?,13-,14+,25+/m1/s1. The van der Waals surface area contributed by atoms with Crippen molar-refractivity contribution in [1.82, 2.24) is 5.32 Å². The van der Waals surface area contributed by atoms with Crippen LogP contribution < -0.4 is 11.1 Å². The van der Waals surface area contributed by atoms with Crippen LogP contribution in [0.4, 0.5) is 0 Å². The number of phenolic OH excluding ortho intramolecular Hbond substituents is 1. The first-order valence-corrected chi connectivity index (χ1v) is 11.5. The maximum atomic E-state index is 13.5. The van der Waals surface area contributed by atoms with Crippen LogP contribution in [0, 0.1) is 17.8 Å². The number of primary amides is 1. The number of benzene rings is 1. The van der Waals surface area contributed by atoms with Gasteiger partial charge in [-0.25, -0.2) is 0 Å². The highest BCUT2D eigenvalue weighted by atomic mass is 16.3. The molecule has 3 aliphatic carbocycles. The Morgan fingerprint density at radius 3 is 2.59 bits per heavy atom. The first-order valence-electron chi connectivity index (χ1n) is 11.5. The summed E-state index contributed by atoms with van der Waals surface area (Å²) in [4.78, 5) is 37.6. The lowest BCUT2D eigenvalue weighted by molar-refractivity contribution is -0.147. The average Bonchev–Trinajstić information content (AvgIpc) is 2.77. The maximum absolute atomic E-state index is 13.5. The Balaban J connectivity index is 1.78. The summed E-state index contributed by atoms with van der Waals surface area (Å²) in [5.74, 6) is -5.70. The van der Waals surface area contributed by atoms with Gasteiger partial charge in [0, 0.05) is 24.5 Å². The zero-order chi connectivity index (χ0) is 24.9. The van der Waals surface area contributed by atoms with Crippen LogP contribution in [-0.4, -0.2) is 50.0 Å². The van der Waals surface area contributed by atoms with Crippen LogP contribution in [0.15, 0.2) is 29.0 Å². The Morgan fingerprint density at radius 2 is 1.94 bits per heavy atom. The maximum Gasteiger partial charge on any atom is 0.255 e. The molecule has 0 spiro atoms. The SMILES string of the molecule is CCC(C)CNCc1ccc(O)c2c1C[C@H]1C[C@H]3CC(=O)C(C(N)=O)=C(O)[C@@]3(O)C(=O)C1=C2O. The van der Waals surface area contributed by atoms with E-state index in [-0.39, 0.29) is 29.7 Å². The zero-order valence-corrected chi connectivity index (χ0v) is 19.2. The minimum absolute atomic E-state index is 0.120. The van der Waals surface area contributed by atoms with Gasteiger partial charge in [0.2, 0.25) is 5.78 Å². The molecule has 3 aliphatic rings. The molecule has 0 aromatic heterocycles. The fourth-order valence-electron chi connectivity index (χ4n) is 5.45. The molecule has 1 aromatic rings. The van der Waals surface area contributed by atoms with E-state index in [1.807, 2.05) is 0 Å². The van der Waals surface area contributed by atoms with Crippen molar-refractivity contribution in [2.75, 3.05) is 6.54 Å². The number of hydrogen-bond acceptors (Lipinski definition) is 8. The van der Waals surface area contributed by atoms with Gasteiger partial charge in [-0.1, -0.05) is 26.3 Å². The number of fused-ring (bicyclic) bond motifs is 3. The number of nitrogens with one attached hydrogen (secondary N) is 1. The van der Waals surface area contributed by atoms with E-state index in [4.69, 9.17) is 5.73 Å². The largest absolute Gasteiger partial charge is 0.508 e. The lowest BCUT2D eigenvalue weighted by Gasteiger charge is -2.46. The highest BCUT2D eigenvalue weighted by Gasteiger charge is 2.60. The van der Waals surface area contributed by atoms with E-state index in [0.29, 0.717) is 24.4 Å². The van der Waals surface area contributed by atoms with Crippen molar-refractivity contribution in [1.29, 1.82) is 0 Å². The van der Waals surface area contributed by atoms with Gasteiger partial charge in [0.25, 0.3) is 5.91 Å². The summed E-state index contributed by atoms with van der Waals surface area (Å²) in [6, 6.07) is 3.22. The van der Waals surface area contributed by atoms with Crippen LogP contribution >= 0.6 is 0 Å². The molecule has 34 heavy (non-hydrogen) atoms. The van der Waals surface area contributed by atoms with Crippen molar-refractivity contribution in [3.63, 3.8) is 0 Å². The number of aromatic hydroxyl groups is 1. The molecule has 182 valence electrons.